The molecular formula is C22H32N2O. The number of rotatable bonds is 6. The SMILES string of the molecule is CC1C=CC(CNC(=O)CC2(Cc3ccccc3)CCNCC2)=CC1.[HH]. The molecule has 1 saturated heterocycles. The van der Waals surface area contributed by atoms with Crippen molar-refractivity contribution in [3.63, 3.8) is 0 Å². The van der Waals surface area contributed by atoms with E-state index in [1.165, 1.54) is 11.1 Å². The lowest BCUT2D eigenvalue weighted by atomic mass is 9.71. The number of hydrogen-bond acceptors (Lipinski definition) is 2. The third-order valence-electron chi connectivity index (χ3n) is 5.50. The summed E-state index contributed by atoms with van der Waals surface area (Å²) in [5.41, 5.74) is 2.65. The molecule has 1 fully saturated rings. The Kier molecular flexibility index (Phi) is 6.09. The zero-order valence-corrected chi connectivity index (χ0v) is 15.3. The zero-order valence-electron chi connectivity index (χ0n) is 15.3. The molecule has 136 valence electrons. The summed E-state index contributed by atoms with van der Waals surface area (Å²) in [5.74, 6) is 0.800. The minimum absolute atomic E-state index is 0. The summed E-state index contributed by atoms with van der Waals surface area (Å²) in [5, 5.41) is 6.58. The highest BCUT2D eigenvalue weighted by Crippen LogP contribution is 2.36. The highest BCUT2D eigenvalue weighted by Gasteiger charge is 2.34. The lowest BCUT2D eigenvalue weighted by Gasteiger charge is -2.37. The van der Waals surface area contributed by atoms with Gasteiger partial charge in [0.2, 0.25) is 5.91 Å². The highest BCUT2D eigenvalue weighted by atomic mass is 16.1. The highest BCUT2D eigenvalue weighted by molar-refractivity contribution is 5.77. The van der Waals surface area contributed by atoms with E-state index in [9.17, 15) is 4.79 Å². The van der Waals surface area contributed by atoms with Gasteiger partial charge in [0.1, 0.15) is 0 Å². The molecule has 1 atom stereocenters. The molecular weight excluding hydrogens is 308 g/mol. The van der Waals surface area contributed by atoms with Crippen LogP contribution in [0.15, 0.2) is 54.1 Å². The zero-order chi connectivity index (χ0) is 17.5. The van der Waals surface area contributed by atoms with Gasteiger partial charge in [-0.25, -0.2) is 0 Å². The summed E-state index contributed by atoms with van der Waals surface area (Å²) in [6.45, 7) is 4.88. The van der Waals surface area contributed by atoms with E-state index in [-0.39, 0.29) is 12.7 Å². The van der Waals surface area contributed by atoms with Crippen LogP contribution in [0, 0.1) is 11.3 Å². The fourth-order valence-electron chi connectivity index (χ4n) is 3.91. The molecule has 2 aliphatic rings. The predicted molar refractivity (Wildman–Crippen MR) is 105 cm³/mol. The van der Waals surface area contributed by atoms with Crippen molar-refractivity contribution < 1.29 is 6.22 Å². The Bertz CT molecular complexity index is 633. The van der Waals surface area contributed by atoms with E-state index >= 15 is 0 Å². The van der Waals surface area contributed by atoms with E-state index in [0.717, 1.165) is 38.8 Å². The summed E-state index contributed by atoms with van der Waals surface area (Å²) in [6.07, 6.45) is 11.4. The fourth-order valence-corrected chi connectivity index (χ4v) is 3.91. The molecule has 25 heavy (non-hydrogen) atoms. The molecule has 0 aromatic heterocycles. The number of carbonyl (C=O) groups is 1. The molecule has 2 N–H and O–H groups in total. The topological polar surface area (TPSA) is 41.1 Å². The second-order valence-electron chi connectivity index (χ2n) is 7.72. The van der Waals surface area contributed by atoms with Gasteiger partial charge in [0.05, 0.1) is 0 Å². The molecule has 0 saturated carbocycles. The predicted octanol–water partition coefficient (Wildman–Crippen LogP) is 3.87. The summed E-state index contributed by atoms with van der Waals surface area (Å²) in [6, 6.07) is 10.6. The van der Waals surface area contributed by atoms with E-state index in [1.54, 1.807) is 0 Å². The molecule has 1 aliphatic heterocycles. The quantitative estimate of drug-likeness (QED) is 0.825. The number of benzene rings is 1. The molecule has 0 spiro atoms. The van der Waals surface area contributed by atoms with Crippen molar-refractivity contribution >= 4 is 5.91 Å². The van der Waals surface area contributed by atoms with Crippen molar-refractivity contribution in [3.8, 4) is 0 Å². The maximum atomic E-state index is 12.6. The van der Waals surface area contributed by atoms with Gasteiger partial charge in [-0.3, -0.25) is 4.79 Å². The molecule has 0 bridgehead atoms. The number of hydrogen-bond donors (Lipinski definition) is 2. The second-order valence-corrected chi connectivity index (χ2v) is 7.72. The molecule has 3 heteroatoms. The van der Waals surface area contributed by atoms with Crippen molar-refractivity contribution in [2.24, 2.45) is 11.3 Å². The van der Waals surface area contributed by atoms with Crippen LogP contribution >= 0.6 is 0 Å². The average Bonchev–Trinajstić information content (AvgIpc) is 2.63. The molecule has 1 unspecified atom stereocenters. The maximum Gasteiger partial charge on any atom is 0.220 e. The van der Waals surface area contributed by atoms with E-state index in [2.05, 4.69) is 66.1 Å². The Morgan fingerprint density at radius 1 is 1.28 bits per heavy atom. The summed E-state index contributed by atoms with van der Waals surface area (Å²) < 4.78 is 0. The van der Waals surface area contributed by atoms with Gasteiger partial charge in [0, 0.05) is 14.4 Å². The van der Waals surface area contributed by atoms with E-state index in [0.29, 0.717) is 18.9 Å². The van der Waals surface area contributed by atoms with Crippen molar-refractivity contribution in [1.29, 1.82) is 0 Å². The van der Waals surface area contributed by atoms with Crippen molar-refractivity contribution in [3.05, 3.63) is 59.7 Å². The van der Waals surface area contributed by atoms with Crippen LogP contribution in [0.4, 0.5) is 0 Å². The first kappa shape index (κ1) is 17.9. The van der Waals surface area contributed by atoms with Crippen LogP contribution in [0.25, 0.3) is 0 Å². The molecule has 1 amide bonds. The summed E-state index contributed by atoms with van der Waals surface area (Å²) in [7, 11) is 0. The van der Waals surface area contributed by atoms with E-state index in [1.807, 2.05) is 0 Å². The minimum atomic E-state index is 0. The van der Waals surface area contributed by atoms with Crippen LogP contribution in [-0.4, -0.2) is 25.5 Å². The lowest BCUT2D eigenvalue weighted by Crippen LogP contribution is -2.42. The fraction of sp³-hybridized carbons (Fsp3) is 0.500. The van der Waals surface area contributed by atoms with Gasteiger partial charge >= 0.3 is 0 Å². The number of nitrogens with one attached hydrogen (secondary N) is 2. The van der Waals surface area contributed by atoms with Crippen molar-refractivity contribution in [1.82, 2.24) is 10.6 Å². The van der Waals surface area contributed by atoms with Gasteiger partial charge in [-0.05, 0) is 61.2 Å². The number of amides is 1. The Hall–Kier alpha value is -1.87. The normalized spacial score (nSPS) is 22.3. The average molecular weight is 341 g/mol. The largest absolute Gasteiger partial charge is 0.352 e. The summed E-state index contributed by atoms with van der Waals surface area (Å²) >= 11 is 0. The van der Waals surface area contributed by atoms with Crippen LogP contribution in [0.3, 0.4) is 0 Å². The minimum Gasteiger partial charge on any atom is -0.352 e. The Labute approximate surface area is 153 Å². The van der Waals surface area contributed by atoms with Crippen LogP contribution in [0.5, 0.6) is 0 Å². The number of carbonyl (C=O) groups excluding carboxylic acids is 1. The van der Waals surface area contributed by atoms with Crippen LogP contribution in [0.1, 0.15) is 39.6 Å². The van der Waals surface area contributed by atoms with E-state index in [4.69, 9.17) is 0 Å². The number of piperidine rings is 1. The molecule has 1 heterocycles. The summed E-state index contributed by atoms with van der Waals surface area (Å²) in [4.78, 5) is 12.6. The first-order valence-electron chi connectivity index (χ1n) is 9.54. The van der Waals surface area contributed by atoms with Gasteiger partial charge in [-0.2, -0.15) is 0 Å². The molecule has 1 aromatic rings. The van der Waals surface area contributed by atoms with Gasteiger partial charge in [-0.15, -0.1) is 0 Å². The maximum absolute atomic E-state index is 12.6. The Morgan fingerprint density at radius 3 is 2.72 bits per heavy atom. The van der Waals surface area contributed by atoms with Gasteiger partial charge in [-0.1, -0.05) is 55.5 Å². The molecule has 1 aromatic carbocycles. The van der Waals surface area contributed by atoms with Crippen LogP contribution in [0.2, 0.25) is 0 Å². The van der Waals surface area contributed by atoms with Gasteiger partial charge < -0.3 is 10.6 Å². The smallest absolute Gasteiger partial charge is 0.220 e. The third kappa shape index (κ3) is 5.30. The first-order valence-corrected chi connectivity index (χ1v) is 9.54. The van der Waals surface area contributed by atoms with Crippen LogP contribution in [-0.2, 0) is 11.2 Å². The molecule has 1 aliphatic carbocycles. The first-order chi connectivity index (χ1) is 12.2. The van der Waals surface area contributed by atoms with Gasteiger partial charge in [0.15, 0.2) is 0 Å². The van der Waals surface area contributed by atoms with E-state index < -0.39 is 0 Å². The third-order valence-corrected chi connectivity index (χ3v) is 5.50. The Balaban J connectivity index is 0.00000243. The van der Waals surface area contributed by atoms with Crippen LogP contribution < -0.4 is 10.6 Å². The Morgan fingerprint density at radius 2 is 2.04 bits per heavy atom. The second kappa shape index (κ2) is 8.48. The van der Waals surface area contributed by atoms with Crippen molar-refractivity contribution in [2.45, 2.75) is 39.0 Å². The monoisotopic (exact) mass is 340 g/mol. The van der Waals surface area contributed by atoms with Gasteiger partial charge in [0.25, 0.3) is 0 Å². The molecule has 0 radical (unpaired) electrons. The standard InChI is InChI=1S/C22H30N2O.H2/c1-18-7-9-20(10-8-18)17-24-21(25)16-22(11-13-23-14-12-22)15-19-5-3-2-4-6-19;/h2-7,9-10,18,23H,8,11-17H2,1H3,(H,24,25);1H. The molecule has 3 rings (SSSR count). The number of allylic oxidation sites excluding steroid dienone is 2. The lowest BCUT2D eigenvalue weighted by molar-refractivity contribution is -0.123. The van der Waals surface area contributed by atoms with Crippen molar-refractivity contribution in [2.75, 3.05) is 19.6 Å². The molecule has 3 nitrogen and oxygen atoms in total.